The number of urea groups is 1. The van der Waals surface area contributed by atoms with Crippen LogP contribution in [0.15, 0.2) is 0 Å². The molecule has 2 amide bonds. The number of nitrogens with one attached hydrogen (secondary N) is 1. The fraction of sp³-hybridized carbons (Fsp3) is 0.909. The van der Waals surface area contributed by atoms with Crippen LogP contribution in [0.5, 0.6) is 0 Å². The van der Waals surface area contributed by atoms with E-state index in [-0.39, 0.29) is 11.6 Å². The smallest absolute Gasteiger partial charge is 0.318 e. The summed E-state index contributed by atoms with van der Waals surface area (Å²) in [6, 6.07) is 0.0238. The molecule has 0 aromatic heterocycles. The normalized spacial score (nSPS) is 24.4. The van der Waals surface area contributed by atoms with Crippen LogP contribution >= 0.6 is 0 Å². The second kappa shape index (κ2) is 5.01. The first-order chi connectivity index (χ1) is 7.76. The lowest BCUT2D eigenvalue weighted by Crippen LogP contribution is -2.57. The number of amides is 2. The molecule has 1 heterocycles. The first kappa shape index (κ1) is 11.7. The number of morpholine rings is 1. The Labute approximate surface area is 96.3 Å². The van der Waals surface area contributed by atoms with Gasteiger partial charge in [-0.25, -0.2) is 4.79 Å². The predicted molar refractivity (Wildman–Crippen MR) is 61.2 cm³/mol. The fourth-order valence-electron chi connectivity index (χ4n) is 2.50. The molecule has 2 fully saturated rings. The van der Waals surface area contributed by atoms with E-state index in [4.69, 9.17) is 10.5 Å². The highest BCUT2D eigenvalue weighted by atomic mass is 16.5. The maximum absolute atomic E-state index is 12.0. The molecule has 92 valence electrons. The Morgan fingerprint density at radius 2 is 1.94 bits per heavy atom. The molecule has 1 aliphatic heterocycles. The van der Waals surface area contributed by atoms with E-state index in [2.05, 4.69) is 5.32 Å². The lowest BCUT2D eigenvalue weighted by molar-refractivity contribution is 0.0510. The highest BCUT2D eigenvalue weighted by Crippen LogP contribution is 2.28. The monoisotopic (exact) mass is 227 g/mol. The molecule has 0 spiro atoms. The number of nitrogens with zero attached hydrogens (tertiary/aromatic N) is 1. The van der Waals surface area contributed by atoms with Crippen LogP contribution in [0.1, 0.15) is 25.7 Å². The third-order valence-electron chi connectivity index (χ3n) is 3.62. The van der Waals surface area contributed by atoms with E-state index in [1.807, 2.05) is 4.90 Å². The van der Waals surface area contributed by atoms with E-state index >= 15 is 0 Å². The van der Waals surface area contributed by atoms with E-state index in [9.17, 15) is 4.79 Å². The van der Waals surface area contributed by atoms with Gasteiger partial charge in [0, 0.05) is 19.6 Å². The van der Waals surface area contributed by atoms with Gasteiger partial charge in [-0.15, -0.1) is 0 Å². The van der Waals surface area contributed by atoms with Crippen molar-refractivity contribution in [1.82, 2.24) is 10.2 Å². The average molecular weight is 227 g/mol. The fourth-order valence-corrected chi connectivity index (χ4v) is 2.50. The topological polar surface area (TPSA) is 67.6 Å². The number of ether oxygens (including phenoxy) is 1. The van der Waals surface area contributed by atoms with Gasteiger partial charge in [0.15, 0.2) is 0 Å². The maximum atomic E-state index is 12.0. The molecule has 1 saturated carbocycles. The Morgan fingerprint density at radius 1 is 1.31 bits per heavy atom. The molecule has 3 N–H and O–H groups in total. The van der Waals surface area contributed by atoms with Crippen molar-refractivity contribution in [2.75, 3.05) is 32.8 Å². The molecule has 0 unspecified atom stereocenters. The third-order valence-corrected chi connectivity index (χ3v) is 3.62. The molecule has 0 aromatic carbocycles. The molecule has 5 nitrogen and oxygen atoms in total. The van der Waals surface area contributed by atoms with Gasteiger partial charge in [-0.2, -0.15) is 0 Å². The minimum atomic E-state index is -0.143. The van der Waals surface area contributed by atoms with E-state index in [1.165, 1.54) is 12.8 Å². The van der Waals surface area contributed by atoms with Crippen LogP contribution in [0.4, 0.5) is 4.79 Å². The number of rotatable bonds is 2. The van der Waals surface area contributed by atoms with E-state index in [0.717, 1.165) is 12.8 Å². The summed E-state index contributed by atoms with van der Waals surface area (Å²) in [5.41, 5.74) is 5.65. The highest BCUT2D eigenvalue weighted by Gasteiger charge is 2.35. The van der Waals surface area contributed by atoms with Gasteiger partial charge in [-0.3, -0.25) is 0 Å². The standard InChI is InChI=1S/C11H21N3O2/c12-9-11(3-1-2-4-11)13-10(15)14-5-7-16-8-6-14/h1-9,12H2,(H,13,15). The van der Waals surface area contributed by atoms with Crippen LogP contribution in [0, 0.1) is 0 Å². The Hall–Kier alpha value is -0.810. The molecule has 5 heteroatoms. The summed E-state index contributed by atoms with van der Waals surface area (Å²) in [5.74, 6) is 0. The summed E-state index contributed by atoms with van der Waals surface area (Å²) in [6.07, 6.45) is 4.36. The van der Waals surface area contributed by atoms with Gasteiger partial charge < -0.3 is 20.7 Å². The van der Waals surface area contributed by atoms with Crippen LogP contribution in [0.3, 0.4) is 0 Å². The van der Waals surface area contributed by atoms with Crippen LogP contribution in [0.2, 0.25) is 0 Å². The first-order valence-electron chi connectivity index (χ1n) is 6.11. The SMILES string of the molecule is NCC1(NC(=O)N2CCOCC2)CCCC1. The van der Waals surface area contributed by atoms with Crippen LogP contribution in [0.25, 0.3) is 0 Å². The zero-order valence-corrected chi connectivity index (χ0v) is 9.71. The molecule has 1 aliphatic carbocycles. The quantitative estimate of drug-likeness (QED) is 0.713. The minimum absolute atomic E-state index is 0.0238. The van der Waals surface area contributed by atoms with E-state index in [1.54, 1.807) is 0 Å². The Morgan fingerprint density at radius 3 is 2.50 bits per heavy atom. The summed E-state index contributed by atoms with van der Waals surface area (Å²) >= 11 is 0. The Bertz CT molecular complexity index is 246. The molecular formula is C11H21N3O2. The molecule has 0 atom stereocenters. The predicted octanol–water partition coefficient (Wildman–Crippen LogP) is 0.300. The van der Waals surface area contributed by atoms with Gasteiger partial charge in [0.1, 0.15) is 0 Å². The number of nitrogens with two attached hydrogens (primary N) is 1. The number of carbonyl (C=O) groups excluding carboxylic acids is 1. The third kappa shape index (κ3) is 2.47. The minimum Gasteiger partial charge on any atom is -0.378 e. The van der Waals surface area contributed by atoms with Gasteiger partial charge in [-0.05, 0) is 12.8 Å². The van der Waals surface area contributed by atoms with Crippen molar-refractivity contribution in [3.63, 3.8) is 0 Å². The molecule has 16 heavy (non-hydrogen) atoms. The molecule has 1 saturated heterocycles. The van der Waals surface area contributed by atoms with Crippen molar-refractivity contribution < 1.29 is 9.53 Å². The van der Waals surface area contributed by atoms with Crippen molar-refractivity contribution >= 4 is 6.03 Å². The largest absolute Gasteiger partial charge is 0.378 e. The lowest BCUT2D eigenvalue weighted by atomic mass is 9.98. The zero-order chi connectivity index (χ0) is 11.4. The molecule has 2 rings (SSSR count). The van der Waals surface area contributed by atoms with Gasteiger partial charge in [-0.1, -0.05) is 12.8 Å². The first-order valence-corrected chi connectivity index (χ1v) is 6.11. The number of hydrogen-bond donors (Lipinski definition) is 2. The summed E-state index contributed by atoms with van der Waals surface area (Å²) < 4.78 is 5.22. The molecule has 2 aliphatic rings. The van der Waals surface area contributed by atoms with Gasteiger partial charge in [0.25, 0.3) is 0 Å². The summed E-state index contributed by atoms with van der Waals surface area (Å²) in [6.45, 7) is 3.20. The number of carbonyl (C=O) groups is 1. The van der Waals surface area contributed by atoms with E-state index < -0.39 is 0 Å². The van der Waals surface area contributed by atoms with Crippen molar-refractivity contribution in [1.29, 1.82) is 0 Å². The van der Waals surface area contributed by atoms with Crippen molar-refractivity contribution in [3.8, 4) is 0 Å². The molecule has 0 bridgehead atoms. The Balaban J connectivity index is 1.89. The van der Waals surface area contributed by atoms with Crippen molar-refractivity contribution in [3.05, 3.63) is 0 Å². The average Bonchev–Trinajstić information content (AvgIpc) is 2.79. The second-order valence-electron chi connectivity index (χ2n) is 4.72. The summed E-state index contributed by atoms with van der Waals surface area (Å²) in [4.78, 5) is 13.8. The van der Waals surface area contributed by atoms with Gasteiger partial charge in [0.05, 0.1) is 18.8 Å². The lowest BCUT2D eigenvalue weighted by Gasteiger charge is -2.34. The van der Waals surface area contributed by atoms with E-state index in [0.29, 0.717) is 32.8 Å². The molecule has 0 aromatic rings. The van der Waals surface area contributed by atoms with Gasteiger partial charge in [0.2, 0.25) is 0 Å². The molecular weight excluding hydrogens is 206 g/mol. The maximum Gasteiger partial charge on any atom is 0.318 e. The zero-order valence-electron chi connectivity index (χ0n) is 9.71. The van der Waals surface area contributed by atoms with Crippen LogP contribution < -0.4 is 11.1 Å². The molecule has 0 radical (unpaired) electrons. The summed E-state index contributed by atoms with van der Waals surface area (Å²) in [5, 5.41) is 3.12. The highest BCUT2D eigenvalue weighted by molar-refractivity contribution is 5.75. The summed E-state index contributed by atoms with van der Waals surface area (Å²) in [7, 11) is 0. The van der Waals surface area contributed by atoms with Crippen molar-refractivity contribution in [2.45, 2.75) is 31.2 Å². The van der Waals surface area contributed by atoms with Crippen molar-refractivity contribution in [2.24, 2.45) is 5.73 Å². The number of hydrogen-bond acceptors (Lipinski definition) is 3. The van der Waals surface area contributed by atoms with Gasteiger partial charge >= 0.3 is 6.03 Å². The second-order valence-corrected chi connectivity index (χ2v) is 4.72. The van der Waals surface area contributed by atoms with Crippen LogP contribution in [-0.2, 0) is 4.74 Å². The Kier molecular flexibility index (Phi) is 3.66. The van der Waals surface area contributed by atoms with Crippen LogP contribution in [-0.4, -0.2) is 49.3 Å².